The maximum atomic E-state index is 10.8. The monoisotopic (exact) mass is 742 g/mol. The van der Waals surface area contributed by atoms with E-state index >= 15 is 0 Å². The highest BCUT2D eigenvalue weighted by molar-refractivity contribution is 5.67. The van der Waals surface area contributed by atoms with Gasteiger partial charge in [0.25, 0.3) is 0 Å². The Bertz CT molecular complexity index is 872. The normalized spacial score (nSPS) is 10.8. The van der Waals surface area contributed by atoms with Gasteiger partial charge in [-0.05, 0) is 6.42 Å². The fourth-order valence-electron chi connectivity index (χ4n) is 3.49. The zero-order chi connectivity index (χ0) is 38.8. The third kappa shape index (κ3) is 37.7. The van der Waals surface area contributed by atoms with E-state index in [1.54, 1.807) is 0 Å². The van der Waals surface area contributed by atoms with E-state index in [0.717, 1.165) is 0 Å². The van der Waals surface area contributed by atoms with Gasteiger partial charge in [-0.1, -0.05) is 6.92 Å². The Morgan fingerprint density at radius 1 is 0.392 bits per heavy atom. The topological polar surface area (TPSA) is 213 Å². The Labute approximate surface area is 300 Å². The number of carbonyl (C=O) groups is 6. The highest BCUT2D eigenvalue weighted by Gasteiger charge is 2.30. The molecule has 0 saturated heterocycles. The van der Waals surface area contributed by atoms with E-state index in [1.165, 1.54) is 41.5 Å². The van der Waals surface area contributed by atoms with Gasteiger partial charge in [-0.3, -0.25) is 28.8 Å². The molecule has 18 nitrogen and oxygen atoms in total. The second kappa shape index (κ2) is 33.7. The van der Waals surface area contributed by atoms with Gasteiger partial charge in [-0.25, -0.2) is 0 Å². The molecule has 0 atom stereocenters. The lowest BCUT2D eigenvalue weighted by Gasteiger charge is -2.32. The molecule has 0 unspecified atom stereocenters. The summed E-state index contributed by atoms with van der Waals surface area (Å²) >= 11 is 0. The van der Waals surface area contributed by atoms with E-state index in [0.29, 0.717) is 26.2 Å². The minimum absolute atomic E-state index is 0.132. The molecule has 0 aliphatic carbocycles. The molecule has 0 aromatic carbocycles. The van der Waals surface area contributed by atoms with Crippen LogP contribution in [0.25, 0.3) is 0 Å². The summed E-state index contributed by atoms with van der Waals surface area (Å²) in [5, 5.41) is 0. The predicted octanol–water partition coefficient (Wildman–Crippen LogP) is 1.22. The summed E-state index contributed by atoms with van der Waals surface area (Å²) in [7, 11) is 0. The van der Waals surface area contributed by atoms with Crippen molar-refractivity contribution in [3.8, 4) is 0 Å². The molecule has 0 aliphatic heterocycles. The molecule has 0 saturated carbocycles. The van der Waals surface area contributed by atoms with Gasteiger partial charge in [-0.2, -0.15) is 0 Å². The van der Waals surface area contributed by atoms with Gasteiger partial charge in [0.05, 0.1) is 72.7 Å². The quantitative estimate of drug-likeness (QED) is 0.0575. The van der Waals surface area contributed by atoms with Gasteiger partial charge in [0, 0.05) is 47.0 Å². The third-order valence-electron chi connectivity index (χ3n) is 5.99. The predicted molar refractivity (Wildman–Crippen MR) is 176 cm³/mol. The first-order valence-corrected chi connectivity index (χ1v) is 16.5. The van der Waals surface area contributed by atoms with Crippen LogP contribution in [-0.4, -0.2) is 154 Å². The number of esters is 6. The highest BCUT2D eigenvalue weighted by atomic mass is 16.6. The van der Waals surface area contributed by atoms with Gasteiger partial charge in [0.15, 0.2) is 0 Å². The fourth-order valence-corrected chi connectivity index (χ4v) is 3.49. The Hall–Kier alpha value is -3.42. The molecule has 0 spiro atoms. The largest absolute Gasteiger partial charge is 0.463 e. The summed E-state index contributed by atoms with van der Waals surface area (Å²) in [5.74, 6) is -2.21. The van der Waals surface area contributed by atoms with Crippen LogP contribution in [0.5, 0.6) is 0 Å². The Morgan fingerprint density at radius 2 is 0.647 bits per heavy atom. The minimum Gasteiger partial charge on any atom is -0.463 e. The van der Waals surface area contributed by atoms with E-state index in [2.05, 4.69) is 0 Å². The first-order valence-electron chi connectivity index (χ1n) is 16.5. The maximum absolute atomic E-state index is 10.8. The van der Waals surface area contributed by atoms with E-state index in [1.807, 2.05) is 6.92 Å². The number of carbonyl (C=O) groups excluding carboxylic acids is 6. The molecular formula is C33H58O18. The Kier molecular flexibility index (Phi) is 32.8. The van der Waals surface area contributed by atoms with Crippen molar-refractivity contribution in [3.63, 3.8) is 0 Å². The van der Waals surface area contributed by atoms with Crippen molar-refractivity contribution in [2.24, 2.45) is 5.41 Å². The zero-order valence-electron chi connectivity index (χ0n) is 31.2. The van der Waals surface area contributed by atoms with Gasteiger partial charge in [0.2, 0.25) is 0 Å². The molecule has 0 aromatic heterocycles. The number of hydrogen-bond acceptors (Lipinski definition) is 18. The molecule has 0 radical (unpaired) electrons. The first kappa shape index (κ1) is 49.7. The van der Waals surface area contributed by atoms with Crippen LogP contribution in [-0.2, 0) is 85.6 Å². The van der Waals surface area contributed by atoms with Gasteiger partial charge < -0.3 is 56.8 Å². The molecule has 0 rings (SSSR count). The molecule has 298 valence electrons. The van der Waals surface area contributed by atoms with Crippen LogP contribution >= 0.6 is 0 Å². The van der Waals surface area contributed by atoms with Crippen molar-refractivity contribution in [1.29, 1.82) is 0 Å². The summed E-state index contributed by atoms with van der Waals surface area (Å²) in [6, 6.07) is 0. The summed E-state index contributed by atoms with van der Waals surface area (Å²) in [4.78, 5) is 64.2. The van der Waals surface area contributed by atoms with Crippen LogP contribution in [0.2, 0.25) is 0 Å². The summed E-state index contributed by atoms with van der Waals surface area (Å²) in [5.41, 5.74) is -0.428. The SMILES string of the molecule is CC(=O)OCCOCC(COCCOC(C)=O)OCCOC(C)=O.CCC(COCCOC(C)=O)(COCCOC(C)=O)COCCOC(C)=O. The van der Waals surface area contributed by atoms with E-state index in [-0.39, 0.29) is 128 Å². The molecular weight excluding hydrogens is 684 g/mol. The van der Waals surface area contributed by atoms with E-state index in [4.69, 9.17) is 56.8 Å². The van der Waals surface area contributed by atoms with Crippen LogP contribution in [0, 0.1) is 5.41 Å². The second-order valence-corrected chi connectivity index (χ2v) is 10.7. The zero-order valence-corrected chi connectivity index (χ0v) is 31.2. The molecule has 0 bridgehead atoms. The lowest BCUT2D eigenvalue weighted by molar-refractivity contribution is -0.147. The molecule has 18 heteroatoms. The van der Waals surface area contributed by atoms with Crippen molar-refractivity contribution in [2.45, 2.75) is 61.0 Å². The molecule has 0 aliphatic rings. The summed E-state index contributed by atoms with van der Waals surface area (Å²) in [6.07, 6.45) is 0.317. The molecule has 0 aromatic rings. The van der Waals surface area contributed by atoms with Crippen LogP contribution in [0.1, 0.15) is 54.9 Å². The molecule has 0 N–H and O–H groups in total. The summed E-state index contributed by atoms with van der Waals surface area (Å²) in [6.45, 7) is 13.8. The van der Waals surface area contributed by atoms with Crippen molar-refractivity contribution >= 4 is 35.8 Å². The average molecular weight is 743 g/mol. The van der Waals surface area contributed by atoms with Crippen molar-refractivity contribution in [3.05, 3.63) is 0 Å². The third-order valence-corrected chi connectivity index (χ3v) is 5.99. The van der Waals surface area contributed by atoms with E-state index < -0.39 is 11.5 Å². The lowest BCUT2D eigenvalue weighted by Crippen LogP contribution is -2.38. The second-order valence-electron chi connectivity index (χ2n) is 10.7. The minimum atomic E-state index is -0.428. The summed E-state index contributed by atoms with van der Waals surface area (Å²) < 4.78 is 61.8. The number of rotatable bonds is 30. The van der Waals surface area contributed by atoms with Crippen molar-refractivity contribution in [2.75, 3.05) is 112 Å². The maximum Gasteiger partial charge on any atom is 0.302 e. The van der Waals surface area contributed by atoms with Gasteiger partial charge in [-0.15, -0.1) is 0 Å². The Morgan fingerprint density at radius 3 is 0.902 bits per heavy atom. The van der Waals surface area contributed by atoms with Gasteiger partial charge >= 0.3 is 35.8 Å². The number of hydrogen-bond donors (Lipinski definition) is 0. The van der Waals surface area contributed by atoms with Gasteiger partial charge in [0.1, 0.15) is 45.7 Å². The van der Waals surface area contributed by atoms with E-state index in [9.17, 15) is 28.8 Å². The molecule has 0 fully saturated rings. The molecule has 51 heavy (non-hydrogen) atoms. The fraction of sp³-hybridized carbons (Fsp3) is 0.818. The smallest absolute Gasteiger partial charge is 0.302 e. The Balaban J connectivity index is 0. The average Bonchev–Trinajstić information content (AvgIpc) is 3.04. The molecule has 0 amide bonds. The highest BCUT2D eigenvalue weighted by Crippen LogP contribution is 2.24. The van der Waals surface area contributed by atoms with Crippen molar-refractivity contribution < 1.29 is 85.6 Å². The lowest BCUT2D eigenvalue weighted by atomic mass is 9.88. The van der Waals surface area contributed by atoms with Crippen LogP contribution in [0.3, 0.4) is 0 Å². The van der Waals surface area contributed by atoms with Crippen molar-refractivity contribution in [1.82, 2.24) is 0 Å². The first-order chi connectivity index (χ1) is 24.2. The van der Waals surface area contributed by atoms with Crippen LogP contribution in [0.15, 0.2) is 0 Å². The van der Waals surface area contributed by atoms with Crippen LogP contribution in [0.4, 0.5) is 0 Å². The number of ether oxygens (including phenoxy) is 12. The van der Waals surface area contributed by atoms with Crippen LogP contribution < -0.4 is 0 Å². The standard InChI is InChI=1S/C18H32O9.C15H26O9/c1-5-18(12-22-6-9-25-15(2)19,13-23-7-10-26-16(3)20)14-24-8-11-27-17(4)21;1-12(16)21-6-4-19-10-15(24-9-8-23-14(3)18)11-20-5-7-22-13(2)17/h5-14H2,1-4H3;15H,4-11H2,1-3H3. The molecule has 0 heterocycles.